The second-order valence-electron chi connectivity index (χ2n) is 8.14. The van der Waals surface area contributed by atoms with Crippen LogP contribution in [-0.2, 0) is 20.0 Å². The van der Waals surface area contributed by atoms with E-state index in [4.69, 9.17) is 4.74 Å². The van der Waals surface area contributed by atoms with E-state index in [0.717, 1.165) is 47.4 Å². The molecular formula is C25H26N4O2. The van der Waals surface area contributed by atoms with Crippen molar-refractivity contribution in [2.45, 2.75) is 19.1 Å². The minimum atomic E-state index is -0.544. The average molecular weight is 415 g/mol. The molecule has 0 fully saturated rings. The number of hydrogen-bond donors (Lipinski definition) is 1. The van der Waals surface area contributed by atoms with Crippen LogP contribution in [0.5, 0.6) is 5.75 Å². The van der Waals surface area contributed by atoms with Gasteiger partial charge < -0.3 is 9.84 Å². The second kappa shape index (κ2) is 8.49. The highest BCUT2D eigenvalue weighted by Gasteiger charge is 2.18. The van der Waals surface area contributed by atoms with Gasteiger partial charge in [-0.25, -0.2) is 0 Å². The van der Waals surface area contributed by atoms with Crippen LogP contribution in [0.1, 0.15) is 11.1 Å². The maximum Gasteiger partial charge on any atom is 0.120 e. The summed E-state index contributed by atoms with van der Waals surface area (Å²) in [5.41, 5.74) is 5.65. The number of aryl methyl sites for hydroxylation is 1. The lowest BCUT2D eigenvalue weighted by molar-refractivity contribution is 0.0638. The molecule has 1 unspecified atom stereocenters. The van der Waals surface area contributed by atoms with Crippen LogP contribution in [0.2, 0.25) is 0 Å². The highest BCUT2D eigenvalue weighted by molar-refractivity contribution is 5.81. The molecule has 0 saturated heterocycles. The Morgan fingerprint density at radius 2 is 1.94 bits per heavy atom. The summed E-state index contributed by atoms with van der Waals surface area (Å²) in [6, 6.07) is 18.4. The molecule has 3 heterocycles. The standard InChI is InChI=1S/C25H26N4O2/c1-28-25-12-24(26-13-21(25)14-27-28)19-7-4-8-23(11-19)31-17-22(30)16-29-10-9-18-5-2-3-6-20(18)15-29/h2-8,11-14,22,30H,9-10,15-17H2,1H3. The molecule has 0 bridgehead atoms. The van der Waals surface area contributed by atoms with Crippen LogP contribution in [0, 0.1) is 0 Å². The van der Waals surface area contributed by atoms with E-state index in [2.05, 4.69) is 39.2 Å². The number of ether oxygens (including phenoxy) is 1. The van der Waals surface area contributed by atoms with Crippen LogP contribution < -0.4 is 4.74 Å². The zero-order valence-electron chi connectivity index (χ0n) is 17.6. The zero-order chi connectivity index (χ0) is 21.2. The van der Waals surface area contributed by atoms with Crippen molar-refractivity contribution in [1.29, 1.82) is 0 Å². The first-order valence-electron chi connectivity index (χ1n) is 10.6. The van der Waals surface area contributed by atoms with Gasteiger partial charge >= 0.3 is 0 Å². The number of aromatic nitrogens is 3. The summed E-state index contributed by atoms with van der Waals surface area (Å²) < 4.78 is 7.76. The Kier molecular flexibility index (Phi) is 5.40. The topological polar surface area (TPSA) is 63.4 Å². The first-order chi connectivity index (χ1) is 15.2. The summed E-state index contributed by atoms with van der Waals surface area (Å²) >= 11 is 0. The highest BCUT2D eigenvalue weighted by Crippen LogP contribution is 2.25. The first kappa shape index (κ1) is 19.7. The fourth-order valence-corrected chi connectivity index (χ4v) is 4.20. The lowest BCUT2D eigenvalue weighted by Gasteiger charge is -2.30. The van der Waals surface area contributed by atoms with Gasteiger partial charge in [-0.3, -0.25) is 14.6 Å². The second-order valence-corrected chi connectivity index (χ2v) is 8.14. The summed E-state index contributed by atoms with van der Waals surface area (Å²) in [6.45, 7) is 2.71. The molecule has 31 heavy (non-hydrogen) atoms. The Morgan fingerprint density at radius 1 is 1.06 bits per heavy atom. The Bertz CT molecular complexity index is 1200. The predicted molar refractivity (Wildman–Crippen MR) is 121 cm³/mol. The largest absolute Gasteiger partial charge is 0.491 e. The number of aliphatic hydroxyl groups excluding tert-OH is 1. The van der Waals surface area contributed by atoms with Crippen molar-refractivity contribution >= 4 is 10.9 Å². The summed E-state index contributed by atoms with van der Waals surface area (Å²) in [5.74, 6) is 0.729. The fourth-order valence-electron chi connectivity index (χ4n) is 4.20. The van der Waals surface area contributed by atoms with E-state index in [1.807, 2.05) is 54.5 Å². The number of nitrogens with zero attached hydrogens (tertiary/aromatic N) is 4. The third kappa shape index (κ3) is 4.31. The fraction of sp³-hybridized carbons (Fsp3) is 0.280. The van der Waals surface area contributed by atoms with E-state index in [9.17, 15) is 5.11 Å². The predicted octanol–water partition coefficient (Wildman–Crippen LogP) is 3.43. The van der Waals surface area contributed by atoms with Crippen molar-refractivity contribution in [3.8, 4) is 17.0 Å². The molecule has 1 N–H and O–H groups in total. The molecular weight excluding hydrogens is 388 g/mol. The Hall–Kier alpha value is -3.22. The molecule has 0 amide bonds. The summed E-state index contributed by atoms with van der Waals surface area (Å²) in [5, 5.41) is 15.8. The smallest absolute Gasteiger partial charge is 0.120 e. The van der Waals surface area contributed by atoms with Crippen LogP contribution >= 0.6 is 0 Å². The van der Waals surface area contributed by atoms with Gasteiger partial charge in [0.2, 0.25) is 0 Å². The molecule has 1 aliphatic rings. The van der Waals surface area contributed by atoms with Gasteiger partial charge in [0.05, 0.1) is 17.4 Å². The summed E-state index contributed by atoms with van der Waals surface area (Å²) in [6.07, 6.45) is 4.14. The van der Waals surface area contributed by atoms with Crippen LogP contribution in [0.4, 0.5) is 0 Å². The molecule has 2 aromatic heterocycles. The van der Waals surface area contributed by atoms with Gasteiger partial charge in [0.1, 0.15) is 18.5 Å². The van der Waals surface area contributed by atoms with Gasteiger partial charge in [-0.15, -0.1) is 0 Å². The van der Waals surface area contributed by atoms with E-state index in [0.29, 0.717) is 6.54 Å². The molecule has 0 spiro atoms. The van der Waals surface area contributed by atoms with Crippen molar-refractivity contribution in [3.05, 3.63) is 78.1 Å². The third-order valence-electron chi connectivity index (χ3n) is 5.88. The number of fused-ring (bicyclic) bond motifs is 2. The molecule has 6 heteroatoms. The molecule has 2 aromatic carbocycles. The van der Waals surface area contributed by atoms with E-state index in [-0.39, 0.29) is 6.61 Å². The molecule has 0 aliphatic carbocycles. The van der Waals surface area contributed by atoms with Crippen molar-refractivity contribution < 1.29 is 9.84 Å². The number of pyridine rings is 1. The highest BCUT2D eigenvalue weighted by atomic mass is 16.5. The zero-order valence-corrected chi connectivity index (χ0v) is 17.6. The van der Waals surface area contributed by atoms with Crippen molar-refractivity contribution in [2.24, 2.45) is 7.05 Å². The lowest BCUT2D eigenvalue weighted by Crippen LogP contribution is -2.38. The van der Waals surface area contributed by atoms with Gasteiger partial charge in [0, 0.05) is 43.8 Å². The van der Waals surface area contributed by atoms with Crippen LogP contribution in [-0.4, -0.2) is 50.6 Å². The normalized spacial score (nSPS) is 15.0. The van der Waals surface area contributed by atoms with E-state index in [1.165, 1.54) is 11.1 Å². The summed E-state index contributed by atoms with van der Waals surface area (Å²) in [7, 11) is 1.92. The van der Waals surface area contributed by atoms with Gasteiger partial charge in [0.15, 0.2) is 0 Å². The van der Waals surface area contributed by atoms with E-state index in [1.54, 1.807) is 0 Å². The molecule has 1 aliphatic heterocycles. The minimum absolute atomic E-state index is 0.260. The van der Waals surface area contributed by atoms with E-state index < -0.39 is 6.10 Å². The number of β-amino-alcohol motifs (C(OH)–C–C–N with tert-alkyl or cyclic N) is 1. The van der Waals surface area contributed by atoms with Gasteiger partial charge in [-0.05, 0) is 35.7 Å². The molecule has 1 atom stereocenters. The van der Waals surface area contributed by atoms with Crippen LogP contribution in [0.3, 0.4) is 0 Å². The van der Waals surface area contributed by atoms with E-state index >= 15 is 0 Å². The SMILES string of the molecule is Cn1ncc2cnc(-c3cccc(OCC(O)CN4CCc5ccccc5C4)c3)cc21. The van der Waals surface area contributed by atoms with Crippen molar-refractivity contribution in [1.82, 2.24) is 19.7 Å². The molecule has 0 radical (unpaired) electrons. The maximum absolute atomic E-state index is 10.5. The average Bonchev–Trinajstić information content (AvgIpc) is 3.18. The molecule has 6 nitrogen and oxygen atoms in total. The molecule has 158 valence electrons. The Morgan fingerprint density at radius 3 is 2.84 bits per heavy atom. The molecule has 4 aromatic rings. The molecule has 0 saturated carbocycles. The monoisotopic (exact) mass is 414 g/mol. The number of rotatable bonds is 6. The number of aliphatic hydroxyl groups is 1. The van der Waals surface area contributed by atoms with Gasteiger partial charge in [-0.1, -0.05) is 36.4 Å². The first-order valence-corrected chi connectivity index (χ1v) is 10.6. The van der Waals surface area contributed by atoms with Crippen molar-refractivity contribution in [3.63, 3.8) is 0 Å². The van der Waals surface area contributed by atoms with Crippen molar-refractivity contribution in [2.75, 3.05) is 19.7 Å². The van der Waals surface area contributed by atoms with Crippen LogP contribution in [0.15, 0.2) is 67.0 Å². The quantitative estimate of drug-likeness (QED) is 0.524. The van der Waals surface area contributed by atoms with Gasteiger partial charge in [-0.2, -0.15) is 5.10 Å². The minimum Gasteiger partial charge on any atom is -0.491 e. The summed E-state index contributed by atoms with van der Waals surface area (Å²) in [4.78, 5) is 6.85. The molecule has 5 rings (SSSR count). The Labute approximate surface area is 181 Å². The lowest BCUT2D eigenvalue weighted by atomic mass is 10.00. The maximum atomic E-state index is 10.5. The number of hydrogen-bond acceptors (Lipinski definition) is 5. The van der Waals surface area contributed by atoms with Gasteiger partial charge in [0.25, 0.3) is 0 Å². The third-order valence-corrected chi connectivity index (χ3v) is 5.88. The Balaban J connectivity index is 1.21. The number of benzene rings is 2. The van der Waals surface area contributed by atoms with Crippen LogP contribution in [0.25, 0.3) is 22.2 Å².